The van der Waals surface area contributed by atoms with Crippen LogP contribution in [0.5, 0.6) is 0 Å². The number of rotatable bonds is 10. The highest BCUT2D eigenvalue weighted by atomic mass is 32.2. The number of carboxylic acid groups (broad SMARTS) is 1. The number of nitrogens with zero attached hydrogens (tertiary/aromatic N) is 3. The summed E-state index contributed by atoms with van der Waals surface area (Å²) >= 11 is 1.62. The second-order valence-corrected chi connectivity index (χ2v) is 6.27. The van der Waals surface area contributed by atoms with Crippen molar-refractivity contribution in [1.29, 1.82) is 0 Å². The molecule has 0 aromatic carbocycles. The minimum atomic E-state index is -0.799. The summed E-state index contributed by atoms with van der Waals surface area (Å²) in [5.41, 5.74) is -0.799. The smallest absolute Gasteiger partial charge is 0.323 e. The number of aromatic nitrogens is 3. The fourth-order valence-electron chi connectivity index (χ4n) is 2.14. The van der Waals surface area contributed by atoms with Gasteiger partial charge in [-0.05, 0) is 39.2 Å². The van der Waals surface area contributed by atoms with Gasteiger partial charge in [0, 0.05) is 12.8 Å². The standard InChI is InChI=1S/C14H26N4O2S/c1-5-9-15-14(6-2,12(19)20)8-7-10-21-13-17-16-11(3)18(13)4/h15H,5-10H2,1-4H3,(H,19,20). The molecule has 0 radical (unpaired) electrons. The Balaban J connectivity index is 2.50. The van der Waals surface area contributed by atoms with Crippen LogP contribution in [-0.4, -0.2) is 43.7 Å². The van der Waals surface area contributed by atoms with Crippen LogP contribution in [0.25, 0.3) is 0 Å². The quantitative estimate of drug-likeness (QED) is 0.509. The van der Waals surface area contributed by atoms with Crippen LogP contribution in [0.2, 0.25) is 0 Å². The Bertz CT molecular complexity index is 464. The Kier molecular flexibility index (Phi) is 7.17. The molecular formula is C14H26N4O2S. The number of hydrogen-bond donors (Lipinski definition) is 2. The van der Waals surface area contributed by atoms with E-state index < -0.39 is 11.5 Å². The fraction of sp³-hybridized carbons (Fsp3) is 0.786. The van der Waals surface area contributed by atoms with E-state index >= 15 is 0 Å². The molecule has 1 rings (SSSR count). The van der Waals surface area contributed by atoms with Crippen LogP contribution in [0.4, 0.5) is 0 Å². The highest BCUT2D eigenvalue weighted by Crippen LogP contribution is 2.22. The van der Waals surface area contributed by atoms with E-state index in [1.807, 2.05) is 32.4 Å². The van der Waals surface area contributed by atoms with E-state index in [4.69, 9.17) is 0 Å². The third kappa shape index (κ3) is 4.71. The first-order valence-electron chi connectivity index (χ1n) is 7.44. The van der Waals surface area contributed by atoms with Gasteiger partial charge in [0.05, 0.1) is 0 Å². The molecule has 1 aromatic heterocycles. The maximum absolute atomic E-state index is 11.6. The normalized spacial score (nSPS) is 14.1. The molecular weight excluding hydrogens is 288 g/mol. The lowest BCUT2D eigenvalue weighted by atomic mass is 9.90. The van der Waals surface area contributed by atoms with Gasteiger partial charge in [0.1, 0.15) is 11.4 Å². The number of thioether (sulfide) groups is 1. The first-order valence-corrected chi connectivity index (χ1v) is 8.42. The van der Waals surface area contributed by atoms with Crippen molar-refractivity contribution in [2.45, 2.75) is 57.1 Å². The highest BCUT2D eigenvalue weighted by molar-refractivity contribution is 7.99. The number of aryl methyl sites for hydroxylation is 1. The average Bonchev–Trinajstić information content (AvgIpc) is 2.78. The molecule has 21 heavy (non-hydrogen) atoms. The van der Waals surface area contributed by atoms with Crippen molar-refractivity contribution in [2.24, 2.45) is 7.05 Å². The second kappa shape index (κ2) is 8.38. The summed E-state index contributed by atoms with van der Waals surface area (Å²) in [7, 11) is 1.94. The van der Waals surface area contributed by atoms with Crippen LogP contribution < -0.4 is 5.32 Å². The van der Waals surface area contributed by atoms with Gasteiger partial charge in [-0.1, -0.05) is 25.6 Å². The molecule has 0 saturated carbocycles. The molecule has 1 atom stereocenters. The molecule has 0 aliphatic carbocycles. The summed E-state index contributed by atoms with van der Waals surface area (Å²) in [5.74, 6) is 0.975. The van der Waals surface area contributed by atoms with Crippen LogP contribution in [0, 0.1) is 6.92 Å². The Morgan fingerprint density at radius 2 is 2.14 bits per heavy atom. The van der Waals surface area contributed by atoms with Crippen molar-refractivity contribution >= 4 is 17.7 Å². The van der Waals surface area contributed by atoms with Crippen molar-refractivity contribution in [3.05, 3.63) is 5.82 Å². The number of carboxylic acids is 1. The minimum Gasteiger partial charge on any atom is -0.480 e. The summed E-state index contributed by atoms with van der Waals surface area (Å²) in [6, 6.07) is 0. The molecule has 0 aliphatic rings. The molecule has 1 unspecified atom stereocenters. The van der Waals surface area contributed by atoms with Gasteiger partial charge >= 0.3 is 5.97 Å². The zero-order chi connectivity index (χ0) is 15.9. The first-order chi connectivity index (χ1) is 9.96. The summed E-state index contributed by atoms with van der Waals surface area (Å²) in [5, 5.41) is 21.7. The predicted molar refractivity (Wildman–Crippen MR) is 84.6 cm³/mol. The minimum absolute atomic E-state index is 0.593. The molecule has 0 bridgehead atoms. The Morgan fingerprint density at radius 3 is 2.62 bits per heavy atom. The first kappa shape index (κ1) is 18.0. The zero-order valence-electron chi connectivity index (χ0n) is 13.3. The summed E-state index contributed by atoms with van der Waals surface area (Å²) < 4.78 is 1.95. The van der Waals surface area contributed by atoms with Crippen LogP contribution >= 0.6 is 11.8 Å². The molecule has 0 fully saturated rings. The van der Waals surface area contributed by atoms with Gasteiger partial charge < -0.3 is 15.0 Å². The average molecular weight is 314 g/mol. The Hall–Kier alpha value is -1.08. The van der Waals surface area contributed by atoms with Crippen molar-refractivity contribution in [3.8, 4) is 0 Å². The molecule has 2 N–H and O–H groups in total. The third-order valence-corrected chi connectivity index (χ3v) is 4.86. The lowest BCUT2D eigenvalue weighted by Gasteiger charge is -2.29. The van der Waals surface area contributed by atoms with Crippen molar-refractivity contribution in [2.75, 3.05) is 12.3 Å². The number of nitrogens with one attached hydrogen (secondary N) is 1. The molecule has 120 valence electrons. The largest absolute Gasteiger partial charge is 0.480 e. The monoisotopic (exact) mass is 314 g/mol. The summed E-state index contributed by atoms with van der Waals surface area (Å²) in [6.07, 6.45) is 2.98. The van der Waals surface area contributed by atoms with Crippen molar-refractivity contribution in [3.63, 3.8) is 0 Å². The van der Waals surface area contributed by atoms with Gasteiger partial charge in [0.2, 0.25) is 0 Å². The van der Waals surface area contributed by atoms with E-state index in [0.29, 0.717) is 12.8 Å². The van der Waals surface area contributed by atoms with E-state index in [1.54, 1.807) is 11.8 Å². The molecule has 0 aliphatic heterocycles. The van der Waals surface area contributed by atoms with Gasteiger partial charge in [-0.3, -0.25) is 4.79 Å². The van der Waals surface area contributed by atoms with E-state index in [2.05, 4.69) is 15.5 Å². The molecule has 7 heteroatoms. The summed E-state index contributed by atoms with van der Waals surface area (Å²) in [4.78, 5) is 11.6. The van der Waals surface area contributed by atoms with Gasteiger partial charge in [-0.2, -0.15) is 0 Å². The van der Waals surface area contributed by atoms with Crippen molar-refractivity contribution in [1.82, 2.24) is 20.1 Å². The maximum Gasteiger partial charge on any atom is 0.323 e. The maximum atomic E-state index is 11.6. The van der Waals surface area contributed by atoms with Crippen LogP contribution in [0.3, 0.4) is 0 Å². The van der Waals surface area contributed by atoms with Gasteiger partial charge in [-0.15, -0.1) is 10.2 Å². The van der Waals surface area contributed by atoms with Crippen LogP contribution in [-0.2, 0) is 11.8 Å². The Morgan fingerprint density at radius 1 is 1.43 bits per heavy atom. The number of carbonyl (C=O) groups is 1. The lowest BCUT2D eigenvalue weighted by molar-refractivity contribution is -0.145. The lowest BCUT2D eigenvalue weighted by Crippen LogP contribution is -2.52. The second-order valence-electron chi connectivity index (χ2n) is 5.21. The molecule has 6 nitrogen and oxygen atoms in total. The predicted octanol–water partition coefficient (Wildman–Crippen LogP) is 2.23. The molecule has 1 heterocycles. The van der Waals surface area contributed by atoms with Gasteiger partial charge in [-0.25, -0.2) is 0 Å². The fourth-order valence-corrected chi connectivity index (χ4v) is 3.03. The number of hydrogen-bond acceptors (Lipinski definition) is 5. The molecule has 1 aromatic rings. The van der Waals surface area contributed by atoms with Crippen molar-refractivity contribution < 1.29 is 9.90 Å². The SMILES string of the molecule is CCCNC(CC)(CCCSc1nnc(C)n1C)C(=O)O. The third-order valence-electron chi connectivity index (χ3n) is 3.76. The molecule has 0 saturated heterocycles. The van der Waals surface area contributed by atoms with Crippen LogP contribution in [0.1, 0.15) is 45.4 Å². The molecule has 0 spiro atoms. The zero-order valence-corrected chi connectivity index (χ0v) is 14.2. The topological polar surface area (TPSA) is 80.0 Å². The van der Waals surface area contributed by atoms with E-state index in [1.165, 1.54) is 0 Å². The van der Waals surface area contributed by atoms with Gasteiger partial charge in [0.15, 0.2) is 5.16 Å². The molecule has 0 amide bonds. The van der Waals surface area contributed by atoms with Gasteiger partial charge in [0.25, 0.3) is 0 Å². The van der Waals surface area contributed by atoms with E-state index in [9.17, 15) is 9.90 Å². The van der Waals surface area contributed by atoms with E-state index in [-0.39, 0.29) is 0 Å². The Labute approximate surface area is 130 Å². The van der Waals surface area contributed by atoms with E-state index in [0.717, 1.165) is 36.1 Å². The highest BCUT2D eigenvalue weighted by Gasteiger charge is 2.35. The number of aliphatic carboxylic acids is 1. The summed E-state index contributed by atoms with van der Waals surface area (Å²) in [6.45, 7) is 6.62. The van der Waals surface area contributed by atoms with Crippen LogP contribution in [0.15, 0.2) is 5.16 Å².